The van der Waals surface area contributed by atoms with Gasteiger partial charge in [-0.05, 0) is 11.8 Å². The van der Waals surface area contributed by atoms with Crippen LogP contribution in [0.4, 0.5) is 16.0 Å². The van der Waals surface area contributed by atoms with Crippen LogP contribution in [0.25, 0.3) is 22.3 Å². The highest BCUT2D eigenvalue weighted by Crippen LogP contribution is 2.50. The Balaban J connectivity index is 1.15. The van der Waals surface area contributed by atoms with E-state index in [1.54, 1.807) is 0 Å². The molecule has 9 atom stereocenters. The number of aliphatic hydroxyl groups is 2. The van der Waals surface area contributed by atoms with Gasteiger partial charge in [-0.25, -0.2) is 34.3 Å². The molecule has 226 valence electrons. The Bertz CT molecular complexity index is 1650. The first-order valence-electron chi connectivity index (χ1n) is 12.4. The lowest BCUT2D eigenvalue weighted by atomic mass is 10.1. The lowest BCUT2D eigenvalue weighted by Gasteiger charge is -2.25. The minimum Gasteiger partial charge on any atom is -0.394 e. The molecule has 0 radical (unpaired) electrons. The molecule has 7 N–H and O–H groups in total. The molecule has 4 aromatic heterocycles. The van der Waals surface area contributed by atoms with Gasteiger partial charge in [0.1, 0.15) is 54.2 Å². The Morgan fingerprint density at radius 1 is 0.952 bits per heavy atom. The number of aromatic nitrogens is 8. The molecule has 2 aliphatic heterocycles. The molecular weight excluding hydrogens is 602 g/mol. The Kier molecular flexibility index (Phi) is 7.77. The van der Waals surface area contributed by atoms with Gasteiger partial charge >= 0.3 is 6.72 Å². The second kappa shape index (κ2) is 11.2. The maximum absolute atomic E-state index is 15.7. The average molecular weight is 629 g/mol. The molecule has 0 aromatic carbocycles. The molecule has 0 amide bonds. The highest BCUT2D eigenvalue weighted by atomic mass is 32.5. The van der Waals surface area contributed by atoms with Gasteiger partial charge in [-0.2, -0.15) is 0 Å². The average Bonchev–Trinajstić information content (AvgIpc) is 3.72. The number of hydrogen-bond acceptors (Lipinski definition) is 16. The fourth-order valence-electron chi connectivity index (χ4n) is 4.99. The van der Waals surface area contributed by atoms with Gasteiger partial charge in [-0.15, -0.1) is 0 Å². The third kappa shape index (κ3) is 4.98. The van der Waals surface area contributed by atoms with Crippen molar-refractivity contribution >= 4 is 52.5 Å². The Morgan fingerprint density at radius 3 is 2.10 bits per heavy atom. The number of aliphatic hydroxyl groups excluding tert-OH is 2. The van der Waals surface area contributed by atoms with Gasteiger partial charge in [0.15, 0.2) is 41.6 Å². The molecule has 6 heterocycles. The minimum absolute atomic E-state index is 0.0887. The molecule has 0 spiro atoms. The fourth-order valence-corrected chi connectivity index (χ4v) is 6.43. The largest absolute Gasteiger partial charge is 0.394 e. The summed E-state index contributed by atoms with van der Waals surface area (Å²) in [4.78, 5) is 35.1. The van der Waals surface area contributed by atoms with Crippen LogP contribution in [0.3, 0.4) is 0 Å². The quantitative estimate of drug-likeness (QED) is 0.139. The summed E-state index contributed by atoms with van der Waals surface area (Å²) in [6.07, 6.45) is -5.00. The first-order chi connectivity index (χ1) is 20.1. The van der Waals surface area contributed by atoms with Crippen LogP contribution in [0.2, 0.25) is 0 Å². The van der Waals surface area contributed by atoms with Crippen molar-refractivity contribution < 1.29 is 42.8 Å². The van der Waals surface area contributed by atoms with Crippen LogP contribution in [0.15, 0.2) is 25.3 Å². The number of alkyl halides is 1. The molecule has 3 unspecified atom stereocenters. The summed E-state index contributed by atoms with van der Waals surface area (Å²) >= 11 is 5.13. The minimum atomic E-state index is -4.18. The monoisotopic (exact) mass is 628 g/mol. The summed E-state index contributed by atoms with van der Waals surface area (Å²) in [7, 11) is 1.38. The molecule has 2 fully saturated rings. The van der Waals surface area contributed by atoms with E-state index in [1.807, 2.05) is 0 Å². The van der Waals surface area contributed by atoms with Gasteiger partial charge in [0, 0.05) is 7.11 Å². The zero-order chi connectivity index (χ0) is 29.8. The molecule has 0 saturated carbocycles. The number of halogens is 1. The van der Waals surface area contributed by atoms with E-state index in [2.05, 4.69) is 29.9 Å². The summed E-state index contributed by atoms with van der Waals surface area (Å²) in [6.45, 7) is -5.28. The summed E-state index contributed by atoms with van der Waals surface area (Å²) < 4.78 is 46.5. The van der Waals surface area contributed by atoms with E-state index in [9.17, 15) is 15.1 Å². The maximum atomic E-state index is 15.7. The van der Waals surface area contributed by atoms with Crippen LogP contribution >= 0.6 is 6.72 Å². The molecule has 0 aliphatic carbocycles. The van der Waals surface area contributed by atoms with Crippen molar-refractivity contribution in [3.63, 3.8) is 0 Å². The highest BCUT2D eigenvalue weighted by Gasteiger charge is 2.50. The van der Waals surface area contributed by atoms with Crippen molar-refractivity contribution in [2.45, 2.75) is 49.1 Å². The summed E-state index contributed by atoms with van der Waals surface area (Å²) in [5.41, 5.74) is 12.8. The zero-order valence-corrected chi connectivity index (χ0v) is 23.4. The van der Waals surface area contributed by atoms with Crippen molar-refractivity contribution in [2.75, 3.05) is 31.8 Å². The number of anilines is 2. The third-order valence-electron chi connectivity index (χ3n) is 7.01. The predicted octanol–water partition coefficient (Wildman–Crippen LogP) is -1.05. The van der Waals surface area contributed by atoms with Crippen molar-refractivity contribution in [3.05, 3.63) is 25.3 Å². The maximum Gasteiger partial charge on any atom is 0.325 e. The van der Waals surface area contributed by atoms with E-state index in [0.29, 0.717) is 11.2 Å². The lowest BCUT2D eigenvalue weighted by Crippen LogP contribution is -2.36. The van der Waals surface area contributed by atoms with E-state index in [0.717, 1.165) is 0 Å². The second-order valence-electron chi connectivity index (χ2n) is 9.45. The van der Waals surface area contributed by atoms with Crippen LogP contribution in [0.1, 0.15) is 12.5 Å². The number of nitrogen functional groups attached to an aromatic ring is 2. The van der Waals surface area contributed by atoms with E-state index in [-0.39, 0.29) is 22.8 Å². The lowest BCUT2D eigenvalue weighted by molar-refractivity contribution is -0.0596. The SMILES string of the molecule is CO[C@H]1C(O)[C@@H](COP(O)(=S)OC2[C@@H](CO)O[C@@H](n3cnc4c(N)ncnc43)[C@H]2F)O[C@H]1n1cnc2c(N)ncnc21. The van der Waals surface area contributed by atoms with Crippen molar-refractivity contribution in [1.82, 2.24) is 39.0 Å². The zero-order valence-electron chi connectivity index (χ0n) is 21.7. The van der Waals surface area contributed by atoms with E-state index < -0.39 is 69.1 Å². The van der Waals surface area contributed by atoms with Gasteiger partial charge < -0.3 is 45.3 Å². The van der Waals surface area contributed by atoms with E-state index in [4.69, 9.17) is 46.5 Å². The topological polar surface area (TPSA) is 246 Å². The van der Waals surface area contributed by atoms with Crippen molar-refractivity contribution in [3.8, 4) is 0 Å². The molecule has 6 rings (SSSR count). The molecule has 2 saturated heterocycles. The summed E-state index contributed by atoms with van der Waals surface area (Å²) in [5.74, 6) is 0.249. The van der Waals surface area contributed by atoms with Crippen LogP contribution in [0, 0.1) is 0 Å². The van der Waals surface area contributed by atoms with Gasteiger partial charge in [0.25, 0.3) is 0 Å². The van der Waals surface area contributed by atoms with Crippen molar-refractivity contribution in [2.24, 2.45) is 0 Å². The standard InChI is InChI=1S/C21H26FN10O8PS/c1-36-15-13(34)9(39-21(15)32-7-30-12-17(24)26-5-28-19(12)32)3-37-41(35,42)40-14-8(2-33)38-20(10(14)22)31-6-29-11-16(23)25-4-27-18(11)31/h4-10,13-15,20-21,33-34H,2-3H2,1H3,(H,35,42)(H2,23,25,27)(H2,24,26,28)/t8-,9-,10+,13?,14?,15+,20-,21-,41?/m1/s1. The van der Waals surface area contributed by atoms with Crippen LogP contribution in [-0.4, -0.2) is 111 Å². The Morgan fingerprint density at radius 2 is 1.52 bits per heavy atom. The van der Waals surface area contributed by atoms with Gasteiger partial charge in [-0.3, -0.25) is 13.7 Å². The first kappa shape index (κ1) is 29.1. The molecule has 42 heavy (non-hydrogen) atoms. The predicted molar refractivity (Wildman–Crippen MR) is 143 cm³/mol. The molecule has 4 aromatic rings. The highest BCUT2D eigenvalue weighted by molar-refractivity contribution is 8.07. The Hall–Kier alpha value is -3.04. The molecular formula is C21H26FN10O8PS. The number of ether oxygens (including phenoxy) is 3. The number of fused-ring (bicyclic) bond motifs is 2. The molecule has 0 bridgehead atoms. The van der Waals surface area contributed by atoms with E-state index >= 15 is 4.39 Å². The smallest absolute Gasteiger partial charge is 0.325 e. The van der Waals surface area contributed by atoms with Gasteiger partial charge in [0.05, 0.1) is 25.9 Å². The summed E-state index contributed by atoms with van der Waals surface area (Å²) in [5, 5.41) is 20.7. The Labute approximate surface area is 240 Å². The molecule has 2 aliphatic rings. The van der Waals surface area contributed by atoms with Crippen LogP contribution in [-0.2, 0) is 35.1 Å². The molecule has 18 nitrogen and oxygen atoms in total. The number of methoxy groups -OCH3 is 1. The number of hydrogen-bond donors (Lipinski definition) is 5. The van der Waals surface area contributed by atoms with Gasteiger partial charge in [0.2, 0.25) is 0 Å². The number of rotatable bonds is 9. The number of imidazole rings is 2. The van der Waals surface area contributed by atoms with Crippen LogP contribution in [0.5, 0.6) is 0 Å². The fraction of sp³-hybridized carbons (Fsp3) is 0.524. The second-order valence-corrected chi connectivity index (χ2v) is 12.2. The van der Waals surface area contributed by atoms with Crippen LogP contribution < -0.4 is 11.5 Å². The number of nitrogens with two attached hydrogens (primary N) is 2. The number of nitrogens with zero attached hydrogens (tertiary/aromatic N) is 8. The normalized spacial score (nSPS) is 31.3. The van der Waals surface area contributed by atoms with Gasteiger partial charge in [-0.1, -0.05) is 0 Å². The van der Waals surface area contributed by atoms with E-state index in [1.165, 1.54) is 41.6 Å². The first-order valence-corrected chi connectivity index (χ1v) is 15.0. The molecule has 21 heteroatoms. The van der Waals surface area contributed by atoms with Crippen molar-refractivity contribution in [1.29, 1.82) is 0 Å². The summed E-state index contributed by atoms with van der Waals surface area (Å²) in [6, 6.07) is 0. The third-order valence-corrected chi connectivity index (χ3v) is 8.57.